The van der Waals surface area contributed by atoms with Crippen molar-refractivity contribution in [2.45, 2.75) is 19.9 Å². The van der Waals surface area contributed by atoms with E-state index in [-0.39, 0.29) is 17.6 Å². The van der Waals surface area contributed by atoms with Gasteiger partial charge in [0, 0.05) is 24.2 Å². The minimum absolute atomic E-state index is 0.00146. The SMILES string of the molecule is COCCN(C(=O)Nc1cc(C(=O)O)ccc1Br)C(C)C. The Morgan fingerprint density at radius 1 is 1.43 bits per heavy atom. The maximum absolute atomic E-state index is 12.3. The van der Waals surface area contributed by atoms with Gasteiger partial charge in [-0.1, -0.05) is 0 Å². The Kier molecular flexibility index (Phi) is 6.64. The fraction of sp³-hybridized carbons (Fsp3) is 0.429. The number of carboxylic acids is 1. The van der Waals surface area contributed by atoms with Crippen LogP contribution in [0.25, 0.3) is 0 Å². The monoisotopic (exact) mass is 358 g/mol. The van der Waals surface area contributed by atoms with Crippen LogP contribution in [0.3, 0.4) is 0 Å². The zero-order chi connectivity index (χ0) is 16.0. The van der Waals surface area contributed by atoms with Gasteiger partial charge in [0.25, 0.3) is 0 Å². The van der Waals surface area contributed by atoms with Crippen molar-refractivity contribution in [1.29, 1.82) is 0 Å². The number of halogens is 1. The van der Waals surface area contributed by atoms with Gasteiger partial charge in [-0.25, -0.2) is 9.59 Å². The van der Waals surface area contributed by atoms with Crippen molar-refractivity contribution in [3.8, 4) is 0 Å². The van der Waals surface area contributed by atoms with Crippen LogP contribution in [0.5, 0.6) is 0 Å². The molecule has 0 atom stereocenters. The van der Waals surface area contributed by atoms with E-state index >= 15 is 0 Å². The molecule has 0 saturated carbocycles. The van der Waals surface area contributed by atoms with Gasteiger partial charge in [0.2, 0.25) is 0 Å². The van der Waals surface area contributed by atoms with E-state index in [1.54, 1.807) is 18.1 Å². The van der Waals surface area contributed by atoms with Crippen LogP contribution in [0.2, 0.25) is 0 Å². The van der Waals surface area contributed by atoms with Crippen molar-refractivity contribution >= 4 is 33.6 Å². The van der Waals surface area contributed by atoms with Gasteiger partial charge in [-0.2, -0.15) is 0 Å². The summed E-state index contributed by atoms with van der Waals surface area (Å²) in [5.41, 5.74) is 0.532. The molecular weight excluding hydrogens is 340 g/mol. The molecule has 0 unspecified atom stereocenters. The zero-order valence-electron chi connectivity index (χ0n) is 12.2. The predicted octanol–water partition coefficient (Wildman–Crippen LogP) is 3.04. The molecule has 0 fully saturated rings. The lowest BCUT2D eigenvalue weighted by atomic mass is 10.2. The molecular formula is C14H19BrN2O4. The highest BCUT2D eigenvalue weighted by molar-refractivity contribution is 9.10. The summed E-state index contributed by atoms with van der Waals surface area (Å²) >= 11 is 3.30. The van der Waals surface area contributed by atoms with E-state index < -0.39 is 5.97 Å². The van der Waals surface area contributed by atoms with E-state index in [2.05, 4.69) is 21.2 Å². The molecule has 0 radical (unpaired) electrons. The molecule has 0 heterocycles. The Balaban J connectivity index is 2.90. The molecule has 1 aromatic rings. The molecule has 1 aromatic carbocycles. The zero-order valence-corrected chi connectivity index (χ0v) is 13.8. The van der Waals surface area contributed by atoms with Gasteiger partial charge in [-0.3, -0.25) is 0 Å². The number of rotatable bonds is 6. The van der Waals surface area contributed by atoms with Crippen LogP contribution in [0.1, 0.15) is 24.2 Å². The number of carbonyl (C=O) groups is 2. The lowest BCUT2D eigenvalue weighted by molar-refractivity contribution is 0.0697. The summed E-state index contributed by atoms with van der Waals surface area (Å²) in [4.78, 5) is 24.9. The number of anilines is 1. The Hall–Kier alpha value is -1.60. The van der Waals surface area contributed by atoms with E-state index in [4.69, 9.17) is 9.84 Å². The minimum Gasteiger partial charge on any atom is -0.478 e. The van der Waals surface area contributed by atoms with Crippen LogP contribution >= 0.6 is 15.9 Å². The third kappa shape index (κ3) is 5.02. The van der Waals surface area contributed by atoms with Crippen LogP contribution < -0.4 is 5.32 Å². The molecule has 2 N–H and O–H groups in total. The third-order valence-corrected chi connectivity index (χ3v) is 3.57. The fourth-order valence-electron chi connectivity index (χ4n) is 1.72. The van der Waals surface area contributed by atoms with Gasteiger partial charge in [0.05, 0.1) is 17.9 Å². The average molecular weight is 359 g/mol. The number of amides is 2. The normalized spacial score (nSPS) is 10.5. The van der Waals surface area contributed by atoms with Gasteiger partial charge < -0.3 is 20.1 Å². The number of hydrogen-bond acceptors (Lipinski definition) is 3. The molecule has 116 valence electrons. The van der Waals surface area contributed by atoms with E-state index in [9.17, 15) is 9.59 Å². The number of carboxylic acid groups (broad SMARTS) is 1. The highest BCUT2D eigenvalue weighted by Crippen LogP contribution is 2.24. The Morgan fingerprint density at radius 3 is 2.62 bits per heavy atom. The summed E-state index contributed by atoms with van der Waals surface area (Å²) in [7, 11) is 1.57. The van der Waals surface area contributed by atoms with E-state index in [1.807, 2.05) is 13.8 Å². The van der Waals surface area contributed by atoms with Crippen molar-refractivity contribution in [3.05, 3.63) is 28.2 Å². The Labute approximate surface area is 132 Å². The summed E-state index contributed by atoms with van der Waals surface area (Å²) in [6.07, 6.45) is 0. The highest BCUT2D eigenvalue weighted by atomic mass is 79.9. The Bertz CT molecular complexity index is 520. The first-order valence-corrected chi connectivity index (χ1v) is 7.25. The molecule has 0 aliphatic rings. The summed E-state index contributed by atoms with van der Waals surface area (Å²) in [6, 6.07) is 4.17. The molecule has 0 aliphatic heterocycles. The smallest absolute Gasteiger partial charge is 0.335 e. The van der Waals surface area contributed by atoms with E-state index in [0.717, 1.165) is 0 Å². The number of urea groups is 1. The maximum atomic E-state index is 12.3. The second-order valence-corrected chi connectivity index (χ2v) is 5.56. The minimum atomic E-state index is -1.04. The van der Waals surface area contributed by atoms with Crippen LogP contribution in [0, 0.1) is 0 Å². The highest BCUT2D eigenvalue weighted by Gasteiger charge is 2.18. The molecule has 0 aromatic heterocycles. The van der Waals surface area contributed by atoms with Crippen molar-refractivity contribution in [2.75, 3.05) is 25.6 Å². The standard InChI is InChI=1S/C14H19BrN2O4/c1-9(2)17(6-7-21-3)14(20)16-12-8-10(13(18)19)4-5-11(12)15/h4-5,8-9H,6-7H2,1-3H3,(H,16,20)(H,18,19). The van der Waals surface area contributed by atoms with E-state index in [1.165, 1.54) is 12.1 Å². The molecule has 0 saturated heterocycles. The summed E-state index contributed by atoms with van der Waals surface area (Å²) in [5.74, 6) is -1.04. The van der Waals surface area contributed by atoms with Crippen LogP contribution in [-0.2, 0) is 4.74 Å². The molecule has 21 heavy (non-hydrogen) atoms. The summed E-state index contributed by atoms with van der Waals surface area (Å²) < 4.78 is 5.61. The summed E-state index contributed by atoms with van der Waals surface area (Å²) in [6.45, 7) is 4.69. The molecule has 6 nitrogen and oxygen atoms in total. The number of ether oxygens (including phenoxy) is 1. The first-order valence-electron chi connectivity index (χ1n) is 6.46. The van der Waals surface area contributed by atoms with Gasteiger partial charge >= 0.3 is 12.0 Å². The number of carbonyl (C=O) groups excluding carboxylic acids is 1. The lowest BCUT2D eigenvalue weighted by Crippen LogP contribution is -2.42. The maximum Gasteiger partial charge on any atom is 0.335 e. The van der Waals surface area contributed by atoms with Gasteiger partial charge in [0.15, 0.2) is 0 Å². The van der Waals surface area contributed by atoms with Crippen LogP contribution in [0.15, 0.2) is 22.7 Å². The Morgan fingerprint density at radius 2 is 2.10 bits per heavy atom. The number of aromatic carboxylic acids is 1. The average Bonchev–Trinajstić information content (AvgIpc) is 2.41. The predicted molar refractivity (Wildman–Crippen MR) is 83.8 cm³/mol. The van der Waals surface area contributed by atoms with Gasteiger partial charge in [0.1, 0.15) is 0 Å². The molecule has 1 rings (SSSR count). The number of nitrogens with zero attached hydrogens (tertiary/aromatic N) is 1. The van der Waals surface area contributed by atoms with Gasteiger partial charge in [-0.05, 0) is 48.0 Å². The number of nitrogens with one attached hydrogen (secondary N) is 1. The quantitative estimate of drug-likeness (QED) is 0.818. The molecule has 0 aliphatic carbocycles. The number of benzene rings is 1. The van der Waals surface area contributed by atoms with Crippen LogP contribution in [-0.4, -0.2) is 48.3 Å². The number of methoxy groups -OCH3 is 1. The first kappa shape index (κ1) is 17.5. The van der Waals surface area contributed by atoms with Crippen molar-refractivity contribution in [2.24, 2.45) is 0 Å². The second kappa shape index (κ2) is 7.99. The lowest BCUT2D eigenvalue weighted by Gasteiger charge is -2.27. The van der Waals surface area contributed by atoms with E-state index in [0.29, 0.717) is 23.3 Å². The third-order valence-electron chi connectivity index (χ3n) is 2.88. The molecule has 0 spiro atoms. The van der Waals surface area contributed by atoms with Gasteiger partial charge in [-0.15, -0.1) is 0 Å². The summed E-state index contributed by atoms with van der Waals surface area (Å²) in [5, 5.41) is 11.7. The second-order valence-electron chi connectivity index (χ2n) is 4.71. The number of hydrogen-bond donors (Lipinski definition) is 2. The topological polar surface area (TPSA) is 78.9 Å². The first-order chi connectivity index (χ1) is 9.86. The van der Waals surface area contributed by atoms with Crippen molar-refractivity contribution in [3.63, 3.8) is 0 Å². The largest absolute Gasteiger partial charge is 0.478 e. The van der Waals surface area contributed by atoms with Crippen LogP contribution in [0.4, 0.5) is 10.5 Å². The molecule has 2 amide bonds. The molecule has 0 bridgehead atoms. The van der Waals surface area contributed by atoms with Crippen molar-refractivity contribution < 1.29 is 19.4 Å². The van der Waals surface area contributed by atoms with Crippen molar-refractivity contribution in [1.82, 2.24) is 4.90 Å². The fourth-order valence-corrected chi connectivity index (χ4v) is 2.07. The molecule has 7 heteroatoms.